The third-order valence-corrected chi connectivity index (χ3v) is 3.55. The maximum absolute atomic E-state index is 14.2. The summed E-state index contributed by atoms with van der Waals surface area (Å²) in [6.45, 7) is 0. The van der Waals surface area contributed by atoms with Crippen molar-refractivity contribution in [3.8, 4) is 6.07 Å². The van der Waals surface area contributed by atoms with Crippen molar-refractivity contribution in [2.45, 2.75) is 24.7 Å². The molecule has 1 fully saturated rings. The van der Waals surface area contributed by atoms with E-state index in [-0.39, 0.29) is 16.5 Å². The van der Waals surface area contributed by atoms with Crippen molar-refractivity contribution in [2.24, 2.45) is 0 Å². The number of hydrogen-bond acceptors (Lipinski definition) is 2. The summed E-state index contributed by atoms with van der Waals surface area (Å²) in [6, 6.07) is 4.67. The van der Waals surface area contributed by atoms with Crippen LogP contribution in [0.25, 0.3) is 11.0 Å². The predicted octanol–water partition coefficient (Wildman–Crippen LogP) is 3.66. The molecule has 2 aromatic rings. The van der Waals surface area contributed by atoms with Gasteiger partial charge in [-0.15, -0.1) is 0 Å². The first-order valence-electron chi connectivity index (χ1n) is 5.45. The zero-order valence-corrected chi connectivity index (χ0v) is 8.96. The molecule has 1 saturated carbocycles. The second kappa shape index (κ2) is 3.30. The molecule has 1 aliphatic carbocycles. The Bertz CT molecular complexity index is 635. The van der Waals surface area contributed by atoms with Crippen LogP contribution in [0.15, 0.2) is 22.8 Å². The molecule has 0 atom stereocenters. The first-order valence-corrected chi connectivity index (χ1v) is 5.45. The quantitative estimate of drug-likeness (QED) is 0.753. The molecule has 86 valence electrons. The van der Waals surface area contributed by atoms with Gasteiger partial charge in [-0.1, -0.05) is 0 Å². The molecule has 0 N–H and O–H groups in total. The molecule has 0 radical (unpaired) electrons. The lowest BCUT2D eigenvalue weighted by molar-refractivity contribution is 0.302. The predicted molar refractivity (Wildman–Crippen MR) is 57.3 cm³/mol. The van der Waals surface area contributed by atoms with Crippen molar-refractivity contribution in [1.82, 2.24) is 0 Å². The number of halogens is 2. The highest BCUT2D eigenvalue weighted by atomic mass is 19.1. The molecular formula is C13H9F2NO. The van der Waals surface area contributed by atoms with Crippen LogP contribution in [0.4, 0.5) is 8.78 Å². The molecule has 0 bridgehead atoms. The lowest BCUT2D eigenvalue weighted by Gasteiger charge is -2.35. The average molecular weight is 233 g/mol. The van der Waals surface area contributed by atoms with Crippen LogP contribution in [0.5, 0.6) is 0 Å². The van der Waals surface area contributed by atoms with Gasteiger partial charge < -0.3 is 4.42 Å². The van der Waals surface area contributed by atoms with Gasteiger partial charge in [0.15, 0.2) is 0 Å². The van der Waals surface area contributed by atoms with Crippen LogP contribution in [-0.2, 0) is 5.41 Å². The van der Waals surface area contributed by atoms with E-state index >= 15 is 0 Å². The molecule has 0 spiro atoms. The Hall–Kier alpha value is -1.89. The Kier molecular flexibility index (Phi) is 1.99. The molecule has 0 amide bonds. The Morgan fingerprint density at radius 3 is 2.71 bits per heavy atom. The lowest BCUT2D eigenvalue weighted by atomic mass is 9.65. The van der Waals surface area contributed by atoms with E-state index in [1.165, 1.54) is 12.3 Å². The van der Waals surface area contributed by atoms with E-state index in [1.54, 1.807) is 0 Å². The van der Waals surface area contributed by atoms with E-state index in [9.17, 15) is 8.78 Å². The molecule has 1 aromatic heterocycles. The van der Waals surface area contributed by atoms with Crippen LogP contribution in [0.1, 0.15) is 24.8 Å². The molecule has 17 heavy (non-hydrogen) atoms. The van der Waals surface area contributed by atoms with Crippen LogP contribution in [0, 0.1) is 23.0 Å². The molecule has 2 nitrogen and oxygen atoms in total. The first-order chi connectivity index (χ1) is 8.18. The van der Waals surface area contributed by atoms with Gasteiger partial charge in [-0.3, -0.25) is 0 Å². The standard InChI is InChI=1S/C13H9F2NO/c14-9-6-10-8(2-5-17-10)12(15)11(9)13(7-16)3-1-4-13/h2,5-6H,1,3-4H2. The number of furan rings is 1. The molecule has 1 heterocycles. The zero-order chi connectivity index (χ0) is 12.0. The van der Waals surface area contributed by atoms with E-state index in [0.717, 1.165) is 12.5 Å². The Morgan fingerprint density at radius 2 is 2.12 bits per heavy atom. The lowest BCUT2D eigenvalue weighted by Crippen LogP contribution is -2.34. The van der Waals surface area contributed by atoms with E-state index in [4.69, 9.17) is 9.68 Å². The van der Waals surface area contributed by atoms with Crippen molar-refractivity contribution >= 4 is 11.0 Å². The summed E-state index contributed by atoms with van der Waals surface area (Å²) in [4.78, 5) is 0. The Morgan fingerprint density at radius 1 is 1.35 bits per heavy atom. The van der Waals surface area contributed by atoms with E-state index in [2.05, 4.69) is 6.07 Å². The Balaban J connectivity index is 2.32. The molecule has 0 unspecified atom stereocenters. The number of hydrogen-bond donors (Lipinski definition) is 0. The molecule has 3 rings (SSSR count). The van der Waals surface area contributed by atoms with E-state index in [0.29, 0.717) is 12.8 Å². The zero-order valence-electron chi connectivity index (χ0n) is 8.96. The van der Waals surface area contributed by atoms with Crippen molar-refractivity contribution in [3.63, 3.8) is 0 Å². The van der Waals surface area contributed by atoms with Gasteiger partial charge in [0.1, 0.15) is 17.2 Å². The summed E-state index contributed by atoms with van der Waals surface area (Å²) in [5.74, 6) is -1.35. The van der Waals surface area contributed by atoms with Gasteiger partial charge in [-0.05, 0) is 25.3 Å². The first kappa shape index (κ1) is 10.3. The number of benzene rings is 1. The largest absolute Gasteiger partial charge is 0.464 e. The minimum absolute atomic E-state index is 0.0971. The van der Waals surface area contributed by atoms with Gasteiger partial charge in [0.25, 0.3) is 0 Å². The second-order valence-electron chi connectivity index (χ2n) is 4.43. The number of nitrogens with zero attached hydrogens (tertiary/aromatic N) is 1. The maximum atomic E-state index is 14.2. The fourth-order valence-electron chi connectivity index (χ4n) is 2.43. The number of nitriles is 1. The van der Waals surface area contributed by atoms with Gasteiger partial charge in [0.05, 0.1) is 23.1 Å². The second-order valence-corrected chi connectivity index (χ2v) is 4.43. The van der Waals surface area contributed by atoms with Crippen LogP contribution in [-0.4, -0.2) is 0 Å². The average Bonchev–Trinajstić information content (AvgIpc) is 2.69. The van der Waals surface area contributed by atoms with Gasteiger partial charge >= 0.3 is 0 Å². The van der Waals surface area contributed by atoms with Crippen LogP contribution >= 0.6 is 0 Å². The minimum atomic E-state index is -0.986. The van der Waals surface area contributed by atoms with Gasteiger partial charge in [-0.25, -0.2) is 8.78 Å². The summed E-state index contributed by atoms with van der Waals surface area (Å²) in [5.41, 5.74) is -0.907. The van der Waals surface area contributed by atoms with Crippen molar-refractivity contribution in [2.75, 3.05) is 0 Å². The highest BCUT2D eigenvalue weighted by Gasteiger charge is 2.43. The fraction of sp³-hybridized carbons (Fsp3) is 0.308. The SMILES string of the molecule is N#CC1(c2c(F)cc3occc3c2F)CCC1. The summed E-state index contributed by atoms with van der Waals surface area (Å²) >= 11 is 0. The molecular weight excluding hydrogens is 224 g/mol. The highest BCUT2D eigenvalue weighted by Crippen LogP contribution is 2.46. The van der Waals surface area contributed by atoms with E-state index in [1.807, 2.05) is 0 Å². The topological polar surface area (TPSA) is 36.9 Å². The molecule has 4 heteroatoms. The monoisotopic (exact) mass is 233 g/mol. The number of fused-ring (bicyclic) bond motifs is 1. The molecule has 1 aromatic carbocycles. The third-order valence-electron chi connectivity index (χ3n) is 3.55. The van der Waals surface area contributed by atoms with Gasteiger partial charge in [-0.2, -0.15) is 5.26 Å². The fourth-order valence-corrected chi connectivity index (χ4v) is 2.43. The van der Waals surface area contributed by atoms with E-state index < -0.39 is 17.0 Å². The van der Waals surface area contributed by atoms with Crippen molar-refractivity contribution in [3.05, 3.63) is 35.6 Å². The Labute approximate surface area is 96.4 Å². The molecule has 0 aliphatic heterocycles. The van der Waals surface area contributed by atoms with Crippen LogP contribution < -0.4 is 0 Å². The van der Waals surface area contributed by atoms with Crippen LogP contribution in [0.2, 0.25) is 0 Å². The van der Waals surface area contributed by atoms with Crippen LogP contribution in [0.3, 0.4) is 0 Å². The summed E-state index contributed by atoms with van der Waals surface area (Å²) in [5, 5.41) is 9.39. The molecule has 1 aliphatic rings. The normalized spacial score (nSPS) is 17.7. The third kappa shape index (κ3) is 1.22. The number of rotatable bonds is 1. The van der Waals surface area contributed by atoms with Crippen molar-refractivity contribution in [1.29, 1.82) is 5.26 Å². The molecule has 0 saturated heterocycles. The smallest absolute Gasteiger partial charge is 0.142 e. The minimum Gasteiger partial charge on any atom is -0.464 e. The summed E-state index contributed by atoms with van der Waals surface area (Å²) in [6.07, 6.45) is 3.17. The highest BCUT2D eigenvalue weighted by molar-refractivity contribution is 5.79. The van der Waals surface area contributed by atoms with Gasteiger partial charge in [0, 0.05) is 11.6 Å². The summed E-state index contributed by atoms with van der Waals surface area (Å²) in [7, 11) is 0. The maximum Gasteiger partial charge on any atom is 0.142 e. The summed E-state index contributed by atoms with van der Waals surface area (Å²) < 4.78 is 33.1. The van der Waals surface area contributed by atoms with Crippen molar-refractivity contribution < 1.29 is 13.2 Å². The van der Waals surface area contributed by atoms with Gasteiger partial charge in [0.2, 0.25) is 0 Å².